The van der Waals surface area contributed by atoms with E-state index in [9.17, 15) is 5.11 Å². The van der Waals surface area contributed by atoms with Crippen LogP contribution in [0.2, 0.25) is 0 Å². The van der Waals surface area contributed by atoms with Gasteiger partial charge in [0.05, 0.1) is 12.7 Å². The minimum atomic E-state index is -0.598. The molecule has 0 spiro atoms. The Hall–Kier alpha value is -0.510. The molecule has 0 saturated carbocycles. The van der Waals surface area contributed by atoms with Crippen molar-refractivity contribution in [3.8, 4) is 0 Å². The van der Waals surface area contributed by atoms with Gasteiger partial charge in [-0.05, 0) is 30.5 Å². The van der Waals surface area contributed by atoms with Crippen LogP contribution in [-0.2, 0) is 5.75 Å². The van der Waals surface area contributed by atoms with Crippen LogP contribution in [0.5, 0.6) is 0 Å². The van der Waals surface area contributed by atoms with Gasteiger partial charge < -0.3 is 10.2 Å². The van der Waals surface area contributed by atoms with Gasteiger partial charge in [0, 0.05) is 11.5 Å². The number of aliphatic hydroxyl groups excluding tert-OH is 2. The van der Waals surface area contributed by atoms with Crippen molar-refractivity contribution in [2.24, 2.45) is 0 Å². The van der Waals surface area contributed by atoms with Crippen molar-refractivity contribution < 1.29 is 10.2 Å². The van der Waals surface area contributed by atoms with Crippen LogP contribution in [0.1, 0.15) is 16.7 Å². The van der Waals surface area contributed by atoms with Gasteiger partial charge in [0.25, 0.3) is 0 Å². The molecule has 0 radical (unpaired) electrons. The SMILES string of the molecule is Cc1cccc(C)c1CSCC(O)CO. The maximum atomic E-state index is 9.20. The summed E-state index contributed by atoms with van der Waals surface area (Å²) in [6.45, 7) is 4.05. The molecule has 2 N–H and O–H groups in total. The molecule has 0 aliphatic rings. The molecule has 1 atom stereocenters. The molecule has 3 heteroatoms. The fraction of sp³-hybridized carbons (Fsp3) is 0.500. The number of rotatable bonds is 5. The Bertz CT molecular complexity index is 292. The maximum Gasteiger partial charge on any atom is 0.0861 e. The first-order valence-electron chi connectivity index (χ1n) is 5.07. The molecule has 0 bridgehead atoms. The summed E-state index contributed by atoms with van der Waals surface area (Å²) in [5.41, 5.74) is 3.93. The van der Waals surface area contributed by atoms with E-state index in [1.807, 2.05) is 0 Å². The van der Waals surface area contributed by atoms with Gasteiger partial charge in [-0.2, -0.15) is 11.8 Å². The van der Waals surface area contributed by atoms with E-state index in [0.717, 1.165) is 5.75 Å². The van der Waals surface area contributed by atoms with Crippen LogP contribution < -0.4 is 0 Å². The fourth-order valence-electron chi connectivity index (χ4n) is 1.43. The van der Waals surface area contributed by atoms with E-state index in [4.69, 9.17) is 5.11 Å². The topological polar surface area (TPSA) is 40.5 Å². The van der Waals surface area contributed by atoms with Crippen LogP contribution in [-0.4, -0.2) is 28.7 Å². The van der Waals surface area contributed by atoms with Crippen molar-refractivity contribution >= 4 is 11.8 Å². The average Bonchev–Trinajstić information content (AvgIpc) is 2.22. The van der Waals surface area contributed by atoms with Crippen molar-refractivity contribution in [1.29, 1.82) is 0 Å². The normalized spacial score (nSPS) is 12.8. The second kappa shape index (κ2) is 6.16. The Balaban J connectivity index is 2.50. The monoisotopic (exact) mass is 226 g/mol. The largest absolute Gasteiger partial charge is 0.394 e. The number of aryl methyl sites for hydroxylation is 2. The van der Waals surface area contributed by atoms with Crippen LogP contribution in [0.25, 0.3) is 0 Å². The molecule has 2 nitrogen and oxygen atoms in total. The second-order valence-electron chi connectivity index (χ2n) is 3.72. The number of hydrogen-bond donors (Lipinski definition) is 2. The highest BCUT2D eigenvalue weighted by atomic mass is 32.2. The first-order valence-corrected chi connectivity index (χ1v) is 6.22. The molecule has 0 fully saturated rings. The lowest BCUT2D eigenvalue weighted by molar-refractivity contribution is 0.113. The summed E-state index contributed by atoms with van der Waals surface area (Å²) >= 11 is 1.66. The number of hydrogen-bond acceptors (Lipinski definition) is 3. The zero-order valence-corrected chi connectivity index (χ0v) is 10.0. The highest BCUT2D eigenvalue weighted by molar-refractivity contribution is 7.98. The van der Waals surface area contributed by atoms with E-state index < -0.39 is 6.10 Å². The predicted molar refractivity (Wildman–Crippen MR) is 65.2 cm³/mol. The molecule has 0 aliphatic carbocycles. The number of aliphatic hydroxyl groups is 2. The molecular formula is C12H18O2S. The lowest BCUT2D eigenvalue weighted by Crippen LogP contribution is -2.14. The predicted octanol–water partition coefficient (Wildman–Crippen LogP) is 1.89. The van der Waals surface area contributed by atoms with Gasteiger partial charge in [-0.1, -0.05) is 18.2 Å². The van der Waals surface area contributed by atoms with Crippen molar-refractivity contribution in [2.75, 3.05) is 12.4 Å². The smallest absolute Gasteiger partial charge is 0.0861 e. The summed E-state index contributed by atoms with van der Waals surface area (Å²) in [5, 5.41) is 17.9. The first kappa shape index (κ1) is 12.6. The summed E-state index contributed by atoms with van der Waals surface area (Å²) in [6, 6.07) is 6.26. The van der Waals surface area contributed by atoms with Gasteiger partial charge in [0.2, 0.25) is 0 Å². The summed E-state index contributed by atoms with van der Waals surface area (Å²) in [6.07, 6.45) is -0.598. The lowest BCUT2D eigenvalue weighted by Gasteiger charge is -2.10. The molecule has 1 unspecified atom stereocenters. The highest BCUT2D eigenvalue weighted by Gasteiger charge is 2.05. The first-order chi connectivity index (χ1) is 7.15. The zero-order chi connectivity index (χ0) is 11.3. The van der Waals surface area contributed by atoms with Gasteiger partial charge in [0.15, 0.2) is 0 Å². The summed E-state index contributed by atoms with van der Waals surface area (Å²) < 4.78 is 0. The molecule has 0 amide bonds. The average molecular weight is 226 g/mol. The van der Waals surface area contributed by atoms with Crippen molar-refractivity contribution in [1.82, 2.24) is 0 Å². The van der Waals surface area contributed by atoms with E-state index in [0.29, 0.717) is 5.75 Å². The Kier molecular flexibility index (Phi) is 5.15. The van der Waals surface area contributed by atoms with E-state index in [1.54, 1.807) is 11.8 Å². The molecule has 1 aromatic carbocycles. The van der Waals surface area contributed by atoms with Crippen molar-refractivity contribution in [2.45, 2.75) is 25.7 Å². The van der Waals surface area contributed by atoms with Crippen molar-refractivity contribution in [3.63, 3.8) is 0 Å². The fourth-order valence-corrected chi connectivity index (χ4v) is 2.58. The van der Waals surface area contributed by atoms with Crippen LogP contribution in [0.15, 0.2) is 18.2 Å². The van der Waals surface area contributed by atoms with E-state index in [1.165, 1.54) is 16.7 Å². The number of thioether (sulfide) groups is 1. The molecule has 0 saturated heterocycles. The van der Waals surface area contributed by atoms with Gasteiger partial charge in [0.1, 0.15) is 0 Å². The molecule has 1 rings (SSSR count). The van der Waals surface area contributed by atoms with Gasteiger partial charge in [-0.15, -0.1) is 0 Å². The lowest BCUT2D eigenvalue weighted by atomic mass is 10.1. The standard InChI is InChI=1S/C12H18O2S/c1-9-4-3-5-10(2)12(9)8-15-7-11(14)6-13/h3-5,11,13-14H,6-8H2,1-2H3. The van der Waals surface area contributed by atoms with E-state index >= 15 is 0 Å². The third kappa shape index (κ3) is 3.86. The van der Waals surface area contributed by atoms with Gasteiger partial charge in [-0.3, -0.25) is 0 Å². The summed E-state index contributed by atoms with van der Waals surface area (Å²) in [4.78, 5) is 0. The quantitative estimate of drug-likeness (QED) is 0.805. The Morgan fingerprint density at radius 1 is 1.27 bits per heavy atom. The molecule has 0 aromatic heterocycles. The van der Waals surface area contributed by atoms with E-state index in [2.05, 4.69) is 32.0 Å². The highest BCUT2D eigenvalue weighted by Crippen LogP contribution is 2.20. The maximum absolute atomic E-state index is 9.20. The van der Waals surface area contributed by atoms with Gasteiger partial charge in [-0.25, -0.2) is 0 Å². The number of benzene rings is 1. The molecular weight excluding hydrogens is 208 g/mol. The minimum Gasteiger partial charge on any atom is -0.394 e. The van der Waals surface area contributed by atoms with Crippen LogP contribution in [0.3, 0.4) is 0 Å². The summed E-state index contributed by atoms with van der Waals surface area (Å²) in [5.74, 6) is 1.49. The van der Waals surface area contributed by atoms with Crippen LogP contribution in [0.4, 0.5) is 0 Å². The minimum absolute atomic E-state index is 0.153. The molecule has 84 valence electrons. The Morgan fingerprint density at radius 2 is 1.87 bits per heavy atom. The van der Waals surface area contributed by atoms with E-state index in [-0.39, 0.29) is 6.61 Å². The molecule has 15 heavy (non-hydrogen) atoms. The molecule has 0 heterocycles. The van der Waals surface area contributed by atoms with Crippen LogP contribution in [0, 0.1) is 13.8 Å². The Morgan fingerprint density at radius 3 is 2.40 bits per heavy atom. The van der Waals surface area contributed by atoms with Crippen LogP contribution >= 0.6 is 11.8 Å². The third-order valence-electron chi connectivity index (χ3n) is 2.41. The zero-order valence-electron chi connectivity index (χ0n) is 9.23. The molecule has 0 aliphatic heterocycles. The Labute approximate surface area is 95.3 Å². The second-order valence-corrected chi connectivity index (χ2v) is 4.75. The molecule has 1 aromatic rings. The van der Waals surface area contributed by atoms with Crippen molar-refractivity contribution in [3.05, 3.63) is 34.9 Å². The third-order valence-corrected chi connectivity index (χ3v) is 3.53. The summed E-state index contributed by atoms with van der Waals surface area (Å²) in [7, 11) is 0. The van der Waals surface area contributed by atoms with Gasteiger partial charge >= 0.3 is 0 Å².